The normalized spacial score (nSPS) is 15.8. The number of imidazole rings is 1. The smallest absolute Gasteiger partial charge is 0.165 e. The predicted molar refractivity (Wildman–Crippen MR) is 91.2 cm³/mol. The van der Waals surface area contributed by atoms with E-state index in [2.05, 4.69) is 37.0 Å². The Morgan fingerprint density at radius 3 is 2.65 bits per heavy atom. The Balaban J connectivity index is 1.59. The van der Waals surface area contributed by atoms with Gasteiger partial charge in [-0.1, -0.05) is 49.6 Å². The van der Waals surface area contributed by atoms with Crippen LogP contribution in [0.1, 0.15) is 43.7 Å². The molecule has 2 heterocycles. The second-order valence-electron chi connectivity index (χ2n) is 6.18. The minimum absolute atomic E-state index is 0.533. The molecule has 0 aliphatic heterocycles. The van der Waals surface area contributed by atoms with Crippen LogP contribution in [0, 0.1) is 0 Å². The van der Waals surface area contributed by atoms with Gasteiger partial charge in [-0.05, 0) is 18.4 Å². The zero-order valence-electron chi connectivity index (χ0n) is 13.2. The van der Waals surface area contributed by atoms with Crippen molar-refractivity contribution in [1.29, 1.82) is 0 Å². The molecule has 5 heteroatoms. The van der Waals surface area contributed by atoms with Gasteiger partial charge in [-0.15, -0.1) is 0 Å². The molecule has 0 amide bonds. The van der Waals surface area contributed by atoms with Crippen LogP contribution in [-0.4, -0.2) is 19.5 Å². The topological polar surface area (TPSA) is 55.6 Å². The second kappa shape index (κ2) is 6.36. The van der Waals surface area contributed by atoms with E-state index in [0.29, 0.717) is 6.04 Å². The van der Waals surface area contributed by atoms with Crippen LogP contribution in [0.4, 0.5) is 5.82 Å². The van der Waals surface area contributed by atoms with Gasteiger partial charge in [-0.25, -0.2) is 15.0 Å². The molecule has 3 aromatic rings. The van der Waals surface area contributed by atoms with Crippen LogP contribution in [0.25, 0.3) is 11.2 Å². The highest BCUT2D eigenvalue weighted by atomic mass is 15.2. The maximum absolute atomic E-state index is 4.58. The molecule has 118 valence electrons. The zero-order valence-corrected chi connectivity index (χ0v) is 13.2. The van der Waals surface area contributed by atoms with E-state index in [1.165, 1.54) is 37.7 Å². The monoisotopic (exact) mass is 307 g/mol. The number of rotatable bonds is 4. The lowest BCUT2D eigenvalue weighted by atomic mass is 9.95. The van der Waals surface area contributed by atoms with Crippen LogP contribution in [0.5, 0.6) is 0 Å². The largest absolute Gasteiger partial charge is 0.364 e. The molecule has 4 rings (SSSR count). The van der Waals surface area contributed by atoms with E-state index in [9.17, 15) is 0 Å². The van der Waals surface area contributed by atoms with Gasteiger partial charge in [0, 0.05) is 12.6 Å². The molecule has 1 aliphatic rings. The van der Waals surface area contributed by atoms with Crippen LogP contribution < -0.4 is 5.32 Å². The molecule has 0 unspecified atom stereocenters. The van der Waals surface area contributed by atoms with Crippen LogP contribution in [-0.2, 0) is 6.54 Å². The Morgan fingerprint density at radius 1 is 1.00 bits per heavy atom. The van der Waals surface area contributed by atoms with E-state index in [-0.39, 0.29) is 0 Å². The summed E-state index contributed by atoms with van der Waals surface area (Å²) < 4.78 is 2.24. The van der Waals surface area contributed by atoms with Crippen molar-refractivity contribution >= 4 is 17.0 Å². The Bertz CT molecular complexity index is 774. The van der Waals surface area contributed by atoms with Crippen molar-refractivity contribution in [3.63, 3.8) is 0 Å². The molecule has 1 aromatic carbocycles. The summed E-state index contributed by atoms with van der Waals surface area (Å²) in [5, 5.41) is 3.39. The predicted octanol–water partition coefficient (Wildman–Crippen LogP) is 3.94. The molecule has 5 nitrogen and oxygen atoms in total. The van der Waals surface area contributed by atoms with E-state index in [0.717, 1.165) is 23.5 Å². The Kier molecular flexibility index (Phi) is 3.92. The third kappa shape index (κ3) is 2.91. The Hall–Kier alpha value is -2.43. The Morgan fingerprint density at radius 2 is 1.83 bits per heavy atom. The minimum Gasteiger partial charge on any atom is -0.364 e. The van der Waals surface area contributed by atoms with Crippen molar-refractivity contribution in [2.24, 2.45) is 0 Å². The highest BCUT2D eigenvalue weighted by molar-refractivity contribution is 5.82. The first kappa shape index (κ1) is 14.2. The molecule has 1 N–H and O–H groups in total. The van der Waals surface area contributed by atoms with E-state index >= 15 is 0 Å². The number of hydrogen-bond donors (Lipinski definition) is 1. The molecule has 1 saturated carbocycles. The van der Waals surface area contributed by atoms with Crippen LogP contribution in [0.15, 0.2) is 43.0 Å². The van der Waals surface area contributed by atoms with Crippen molar-refractivity contribution in [2.75, 3.05) is 5.32 Å². The summed E-state index contributed by atoms with van der Waals surface area (Å²) in [6.45, 7) is 0.739. The van der Waals surface area contributed by atoms with Crippen molar-refractivity contribution in [1.82, 2.24) is 19.5 Å². The van der Waals surface area contributed by atoms with E-state index in [4.69, 9.17) is 0 Å². The summed E-state index contributed by atoms with van der Waals surface area (Å²) in [7, 11) is 0. The molecule has 0 saturated heterocycles. The SMILES string of the molecule is c1ccc(CNc2ncnc3c2ncn3C2CCCCC2)cc1. The number of nitrogens with one attached hydrogen (secondary N) is 1. The lowest BCUT2D eigenvalue weighted by Gasteiger charge is -2.23. The fourth-order valence-electron chi connectivity index (χ4n) is 3.39. The summed E-state index contributed by atoms with van der Waals surface area (Å²) in [6.07, 6.45) is 9.97. The summed E-state index contributed by atoms with van der Waals surface area (Å²) in [5.41, 5.74) is 3.04. The average Bonchev–Trinajstić information content (AvgIpc) is 3.06. The standard InChI is InChI=1S/C18H21N5/c1-3-7-14(8-4-1)11-19-17-16-18(21-12-20-17)23(13-22-16)15-9-5-2-6-10-15/h1,3-4,7-8,12-13,15H,2,5-6,9-11H2,(H,19,20,21). The number of aromatic nitrogens is 4. The molecular weight excluding hydrogens is 286 g/mol. The molecule has 1 aliphatic carbocycles. The fraction of sp³-hybridized carbons (Fsp3) is 0.389. The van der Waals surface area contributed by atoms with Gasteiger partial charge in [-0.3, -0.25) is 0 Å². The minimum atomic E-state index is 0.533. The second-order valence-corrected chi connectivity index (χ2v) is 6.18. The number of benzene rings is 1. The highest BCUT2D eigenvalue weighted by Crippen LogP contribution is 2.31. The number of nitrogens with zero attached hydrogens (tertiary/aromatic N) is 4. The lowest BCUT2D eigenvalue weighted by molar-refractivity contribution is 0.358. The van der Waals surface area contributed by atoms with Crippen LogP contribution in [0.2, 0.25) is 0 Å². The van der Waals surface area contributed by atoms with Gasteiger partial charge in [0.05, 0.1) is 6.33 Å². The van der Waals surface area contributed by atoms with Gasteiger partial charge < -0.3 is 9.88 Å². The van der Waals surface area contributed by atoms with Gasteiger partial charge >= 0.3 is 0 Å². The summed E-state index contributed by atoms with van der Waals surface area (Å²) in [6, 6.07) is 10.9. The molecule has 0 bridgehead atoms. The van der Waals surface area contributed by atoms with Gasteiger partial charge in [0.25, 0.3) is 0 Å². The van der Waals surface area contributed by atoms with Crippen molar-refractivity contribution in [3.8, 4) is 0 Å². The third-order valence-corrected chi connectivity index (χ3v) is 4.63. The Labute approximate surface area is 135 Å². The third-order valence-electron chi connectivity index (χ3n) is 4.63. The highest BCUT2D eigenvalue weighted by Gasteiger charge is 2.19. The van der Waals surface area contributed by atoms with E-state index in [1.54, 1.807) is 6.33 Å². The molecule has 23 heavy (non-hydrogen) atoms. The first-order chi connectivity index (χ1) is 11.4. The number of fused-ring (bicyclic) bond motifs is 1. The van der Waals surface area contributed by atoms with Gasteiger partial charge in [0.1, 0.15) is 11.8 Å². The summed E-state index contributed by atoms with van der Waals surface area (Å²) in [4.78, 5) is 13.4. The van der Waals surface area contributed by atoms with Crippen molar-refractivity contribution in [2.45, 2.75) is 44.7 Å². The number of hydrogen-bond acceptors (Lipinski definition) is 4. The van der Waals surface area contributed by atoms with Crippen LogP contribution >= 0.6 is 0 Å². The van der Waals surface area contributed by atoms with Crippen molar-refractivity contribution in [3.05, 3.63) is 48.5 Å². The molecule has 2 aromatic heterocycles. The maximum Gasteiger partial charge on any atom is 0.165 e. The van der Waals surface area contributed by atoms with Gasteiger partial charge in [0.15, 0.2) is 11.5 Å². The maximum atomic E-state index is 4.58. The molecular formula is C18H21N5. The quantitative estimate of drug-likeness (QED) is 0.793. The fourth-order valence-corrected chi connectivity index (χ4v) is 3.39. The van der Waals surface area contributed by atoms with E-state index in [1.807, 2.05) is 24.5 Å². The van der Waals surface area contributed by atoms with E-state index < -0.39 is 0 Å². The molecule has 0 atom stereocenters. The zero-order chi connectivity index (χ0) is 15.5. The van der Waals surface area contributed by atoms with Gasteiger partial charge in [0.2, 0.25) is 0 Å². The van der Waals surface area contributed by atoms with Crippen LogP contribution in [0.3, 0.4) is 0 Å². The average molecular weight is 307 g/mol. The first-order valence-corrected chi connectivity index (χ1v) is 8.37. The number of anilines is 1. The molecule has 0 radical (unpaired) electrons. The molecule has 1 fully saturated rings. The molecule has 0 spiro atoms. The summed E-state index contributed by atoms with van der Waals surface area (Å²) >= 11 is 0. The van der Waals surface area contributed by atoms with Gasteiger partial charge in [-0.2, -0.15) is 0 Å². The lowest BCUT2D eigenvalue weighted by Crippen LogP contribution is -2.12. The van der Waals surface area contributed by atoms with Crippen molar-refractivity contribution < 1.29 is 0 Å². The summed E-state index contributed by atoms with van der Waals surface area (Å²) in [5.74, 6) is 0.813. The first-order valence-electron chi connectivity index (χ1n) is 8.37.